The summed E-state index contributed by atoms with van der Waals surface area (Å²) < 4.78 is 22.9. The number of rotatable bonds is 3. The number of cyclic esters (lactones) is 1. The van der Waals surface area contributed by atoms with Gasteiger partial charge in [-0.3, -0.25) is 9.59 Å². The molecule has 10 atom stereocenters. The number of ether oxygens (including phenoxy) is 3. The molecule has 3 aliphatic carbocycles. The van der Waals surface area contributed by atoms with Gasteiger partial charge in [0.25, 0.3) is 0 Å². The Hall–Kier alpha value is -2.27. The van der Waals surface area contributed by atoms with Gasteiger partial charge in [0.1, 0.15) is 28.7 Å². The molecule has 38 heavy (non-hydrogen) atoms. The first-order chi connectivity index (χ1) is 17.5. The van der Waals surface area contributed by atoms with E-state index in [1.807, 2.05) is 20.8 Å². The van der Waals surface area contributed by atoms with Gasteiger partial charge >= 0.3 is 11.9 Å². The smallest absolute Gasteiger partial charge is 0.335 e. The third-order valence-corrected chi connectivity index (χ3v) is 12.0. The van der Waals surface area contributed by atoms with Crippen LogP contribution in [-0.4, -0.2) is 68.7 Å². The van der Waals surface area contributed by atoms with E-state index in [0.717, 1.165) is 7.11 Å². The zero-order chi connectivity index (χ0) is 27.9. The van der Waals surface area contributed by atoms with E-state index < -0.39 is 81.1 Å². The third kappa shape index (κ3) is 2.32. The summed E-state index contributed by atoms with van der Waals surface area (Å²) in [6, 6.07) is 1.67. The highest BCUT2D eigenvalue weighted by atomic mass is 16.6. The summed E-state index contributed by atoms with van der Waals surface area (Å²) >= 11 is 0. The fourth-order valence-corrected chi connectivity index (χ4v) is 9.76. The van der Waals surface area contributed by atoms with Crippen molar-refractivity contribution in [1.82, 2.24) is 0 Å². The molecule has 10 nitrogen and oxygen atoms in total. The highest BCUT2D eigenvalue weighted by Gasteiger charge is 2.92. The molecule has 0 radical (unpaired) electrons. The molecule has 6 rings (SSSR count). The molecule has 208 valence electrons. The summed E-state index contributed by atoms with van der Waals surface area (Å²) in [6.07, 6.45) is 0.0343. The molecule has 10 heteroatoms. The summed E-state index contributed by atoms with van der Waals surface area (Å²) in [4.78, 5) is 40.2. The number of aliphatic hydroxyl groups is 3. The van der Waals surface area contributed by atoms with Crippen LogP contribution in [0.3, 0.4) is 0 Å². The Bertz CT molecular complexity index is 1240. The lowest BCUT2D eigenvalue weighted by atomic mass is 9.33. The van der Waals surface area contributed by atoms with Crippen LogP contribution in [0.25, 0.3) is 0 Å². The fourth-order valence-electron chi connectivity index (χ4n) is 9.76. The minimum absolute atomic E-state index is 0.00320. The maximum Gasteiger partial charge on any atom is 0.335 e. The Morgan fingerprint density at radius 2 is 1.79 bits per heavy atom. The molecule has 0 aromatic carbocycles. The van der Waals surface area contributed by atoms with Crippen molar-refractivity contribution in [1.29, 1.82) is 0 Å². The summed E-state index contributed by atoms with van der Waals surface area (Å²) in [5.74, 6) is -3.75. The number of fused-ring (bicyclic) bond motifs is 3. The van der Waals surface area contributed by atoms with Crippen molar-refractivity contribution >= 4 is 17.7 Å². The average molecular weight is 533 g/mol. The van der Waals surface area contributed by atoms with Gasteiger partial charge in [0.2, 0.25) is 0 Å². The van der Waals surface area contributed by atoms with E-state index in [1.54, 1.807) is 19.9 Å². The second-order valence-electron chi connectivity index (χ2n) is 13.3. The van der Waals surface area contributed by atoms with E-state index in [-0.39, 0.29) is 25.0 Å². The zero-order valence-electron chi connectivity index (χ0n) is 22.6. The molecule has 0 unspecified atom stereocenters. The number of carbonyl (C=O) groups excluding carboxylic acids is 3. The van der Waals surface area contributed by atoms with Gasteiger partial charge in [-0.25, -0.2) is 4.79 Å². The molecule has 5 fully saturated rings. The highest BCUT2D eigenvalue weighted by Crippen LogP contribution is 2.80. The third-order valence-electron chi connectivity index (χ3n) is 12.0. The van der Waals surface area contributed by atoms with E-state index in [0.29, 0.717) is 5.56 Å². The molecule has 1 aromatic rings. The number of esters is 2. The van der Waals surface area contributed by atoms with Gasteiger partial charge in [-0.2, -0.15) is 0 Å². The lowest BCUT2D eigenvalue weighted by Gasteiger charge is -2.71. The van der Waals surface area contributed by atoms with Gasteiger partial charge in [-0.05, 0) is 39.2 Å². The number of Topliss-reactive ketones (excluding diaryl/α,β-unsaturated/α-hetero) is 1. The fraction of sp³-hybridized carbons (Fsp3) is 0.750. The Labute approximate surface area is 220 Å². The van der Waals surface area contributed by atoms with Gasteiger partial charge in [-0.1, -0.05) is 20.8 Å². The molecule has 1 spiro atoms. The molecule has 5 aliphatic rings. The molecular weight excluding hydrogens is 496 g/mol. The molecule has 3 saturated carbocycles. The molecular formula is C28H36O10. The van der Waals surface area contributed by atoms with Crippen LogP contribution in [0.15, 0.2) is 23.0 Å². The van der Waals surface area contributed by atoms with Crippen molar-refractivity contribution < 1.29 is 48.3 Å². The van der Waals surface area contributed by atoms with Gasteiger partial charge < -0.3 is 33.9 Å². The Kier molecular flexibility index (Phi) is 4.84. The molecule has 1 aromatic heterocycles. The second kappa shape index (κ2) is 7.08. The summed E-state index contributed by atoms with van der Waals surface area (Å²) in [5.41, 5.74) is -10.3. The van der Waals surface area contributed by atoms with E-state index >= 15 is 0 Å². The van der Waals surface area contributed by atoms with Crippen molar-refractivity contribution in [2.75, 3.05) is 7.11 Å². The first kappa shape index (κ1) is 26.0. The van der Waals surface area contributed by atoms with E-state index in [1.165, 1.54) is 12.5 Å². The summed E-state index contributed by atoms with van der Waals surface area (Å²) in [7, 11) is 1.15. The van der Waals surface area contributed by atoms with Crippen molar-refractivity contribution in [3.63, 3.8) is 0 Å². The predicted octanol–water partition coefficient (Wildman–Crippen LogP) is 1.84. The number of aliphatic hydroxyl groups excluding tert-OH is 1. The van der Waals surface area contributed by atoms with E-state index in [9.17, 15) is 29.7 Å². The standard InChI is InChI=1S/C28H36O10/c1-22(2)18(17(30)21(32)35-6)24(4)19(31)15-11-28(38-25(15,22)5)26(24,33)9-8-23(3)20(14-7-10-36-13-14)37-16(29)12-27(23,28)34/h7,10,13,15,17-18,20,30,33-34H,8-9,11-12H2,1-6H3/t15-,17+,18-,20-,23-,24+,25+,26-,27-,28-/m0/s1. The van der Waals surface area contributed by atoms with Gasteiger partial charge in [0.15, 0.2) is 6.10 Å². The Balaban J connectivity index is 1.63. The van der Waals surface area contributed by atoms with Crippen LogP contribution in [0.5, 0.6) is 0 Å². The lowest BCUT2D eigenvalue weighted by Crippen LogP contribution is -2.85. The Morgan fingerprint density at radius 1 is 1.11 bits per heavy atom. The van der Waals surface area contributed by atoms with E-state index in [4.69, 9.17) is 18.6 Å². The zero-order valence-corrected chi connectivity index (χ0v) is 22.6. The minimum Gasteiger partial charge on any atom is -0.472 e. The van der Waals surface area contributed by atoms with Crippen LogP contribution in [0.2, 0.25) is 0 Å². The van der Waals surface area contributed by atoms with Gasteiger partial charge in [0.05, 0.1) is 43.0 Å². The quantitative estimate of drug-likeness (QED) is 0.492. The topological polar surface area (TPSA) is 153 Å². The van der Waals surface area contributed by atoms with Crippen molar-refractivity contribution in [3.8, 4) is 0 Å². The highest BCUT2D eigenvalue weighted by molar-refractivity contribution is 5.95. The van der Waals surface area contributed by atoms with Crippen molar-refractivity contribution in [3.05, 3.63) is 24.2 Å². The number of ketones is 1. The number of carbonyl (C=O) groups is 3. The van der Waals surface area contributed by atoms with Crippen LogP contribution in [0.1, 0.15) is 72.0 Å². The van der Waals surface area contributed by atoms with Crippen LogP contribution in [0.4, 0.5) is 0 Å². The van der Waals surface area contributed by atoms with Gasteiger partial charge in [-0.15, -0.1) is 0 Å². The second-order valence-corrected chi connectivity index (χ2v) is 13.3. The molecule has 3 heterocycles. The summed E-state index contributed by atoms with van der Waals surface area (Å²) in [6.45, 7) is 8.76. The largest absolute Gasteiger partial charge is 0.472 e. The lowest BCUT2D eigenvalue weighted by molar-refractivity contribution is -0.364. The molecule has 3 bridgehead atoms. The maximum absolute atomic E-state index is 14.3. The number of methoxy groups -OCH3 is 1. The number of furan rings is 1. The van der Waals surface area contributed by atoms with Crippen molar-refractivity contribution in [2.45, 2.75) is 94.9 Å². The van der Waals surface area contributed by atoms with Crippen LogP contribution in [-0.2, 0) is 28.6 Å². The van der Waals surface area contributed by atoms with Gasteiger partial charge in [0, 0.05) is 22.3 Å². The number of hydrogen-bond donors (Lipinski definition) is 3. The normalized spacial score (nSPS) is 51.1. The molecule has 2 saturated heterocycles. The minimum atomic E-state index is -2.02. The predicted molar refractivity (Wildman–Crippen MR) is 128 cm³/mol. The first-order valence-corrected chi connectivity index (χ1v) is 13.2. The van der Waals surface area contributed by atoms with Crippen LogP contribution >= 0.6 is 0 Å². The maximum atomic E-state index is 14.3. The molecule has 3 N–H and O–H groups in total. The number of hydrogen-bond acceptors (Lipinski definition) is 10. The molecule has 0 amide bonds. The SMILES string of the molecule is COC(=O)[C@H](O)[C@H]1C(C)(C)[C@]2(C)O[C@@]34C[C@H]2C(=O)[C@]1(C)[C@@]3(O)CC[C@@]1(C)[C@H](c2ccoc2)OC(=O)C[C@@]41O. The summed E-state index contributed by atoms with van der Waals surface area (Å²) in [5, 5.41) is 37.1. The average Bonchev–Trinajstić information content (AvgIpc) is 3.48. The van der Waals surface area contributed by atoms with Crippen LogP contribution in [0, 0.1) is 28.1 Å². The Morgan fingerprint density at radius 3 is 2.39 bits per heavy atom. The first-order valence-electron chi connectivity index (χ1n) is 13.2. The van der Waals surface area contributed by atoms with Crippen molar-refractivity contribution in [2.24, 2.45) is 28.1 Å². The monoisotopic (exact) mass is 532 g/mol. The van der Waals surface area contributed by atoms with E-state index in [2.05, 4.69) is 0 Å². The molecule has 2 aliphatic heterocycles. The van der Waals surface area contributed by atoms with Crippen LogP contribution < -0.4 is 0 Å².